The lowest BCUT2D eigenvalue weighted by Gasteiger charge is -2.39. The Morgan fingerprint density at radius 3 is 2.44 bits per heavy atom. The third-order valence-electron chi connectivity index (χ3n) is 8.49. The number of allylic oxidation sites excluding steroid dienone is 8. The summed E-state index contributed by atoms with van der Waals surface area (Å²) < 4.78 is 0. The summed E-state index contributed by atoms with van der Waals surface area (Å²) in [6.45, 7) is 19.8. The van der Waals surface area contributed by atoms with E-state index in [0.717, 1.165) is 74.3 Å². The van der Waals surface area contributed by atoms with Crippen molar-refractivity contribution in [3.05, 3.63) is 83.0 Å². The first-order valence-corrected chi connectivity index (χ1v) is 15.6. The minimum atomic E-state index is 0.229. The molecule has 0 aromatic rings. The second-order valence-electron chi connectivity index (χ2n) is 11.4. The molecule has 0 amide bonds. The molecule has 0 aromatic carbocycles. The van der Waals surface area contributed by atoms with Crippen molar-refractivity contribution >= 4 is 11.5 Å². The van der Waals surface area contributed by atoms with Gasteiger partial charge in [0.05, 0.1) is 23.7 Å². The van der Waals surface area contributed by atoms with E-state index in [2.05, 4.69) is 84.5 Å². The maximum atomic E-state index is 9.19. The zero-order valence-corrected chi connectivity index (χ0v) is 26.5. The lowest BCUT2D eigenvalue weighted by atomic mass is 9.89. The number of aliphatic hydroxyl groups excluding tert-OH is 1. The summed E-state index contributed by atoms with van der Waals surface area (Å²) in [5.41, 5.74) is 8.38. The van der Waals surface area contributed by atoms with Gasteiger partial charge in [-0.2, -0.15) is 0 Å². The number of aliphatic hydroxyl groups is 1. The summed E-state index contributed by atoms with van der Waals surface area (Å²) in [6, 6.07) is 0. The number of fused-ring (bicyclic) bond motifs is 1. The van der Waals surface area contributed by atoms with E-state index in [4.69, 9.17) is 4.99 Å². The van der Waals surface area contributed by atoms with Crippen LogP contribution in [-0.4, -0.2) is 77.7 Å². The molecule has 2 fully saturated rings. The summed E-state index contributed by atoms with van der Waals surface area (Å²) in [5.74, 6) is 1.73. The van der Waals surface area contributed by atoms with Crippen LogP contribution in [0.1, 0.15) is 73.1 Å². The quantitative estimate of drug-likeness (QED) is 0.177. The largest absolute Gasteiger partial charge is 0.395 e. The number of β-amino-alcohol motifs (C(OH)–C–C–N with tert-alkyl or cyclic N) is 1. The number of nitrogens with zero attached hydrogens (tertiary/aromatic N) is 5. The van der Waals surface area contributed by atoms with E-state index in [0.29, 0.717) is 0 Å². The predicted molar refractivity (Wildman–Crippen MR) is 176 cm³/mol. The fourth-order valence-electron chi connectivity index (χ4n) is 5.11. The van der Waals surface area contributed by atoms with E-state index in [1.165, 1.54) is 42.7 Å². The average Bonchev–Trinajstić information content (AvgIpc) is 2.97. The molecular weight excluding hydrogens is 506 g/mol. The van der Waals surface area contributed by atoms with Crippen molar-refractivity contribution in [3.8, 4) is 0 Å². The van der Waals surface area contributed by atoms with Crippen LogP contribution in [0.5, 0.6) is 0 Å². The highest BCUT2D eigenvalue weighted by atomic mass is 16.3. The van der Waals surface area contributed by atoms with Crippen molar-refractivity contribution in [2.45, 2.75) is 73.1 Å². The number of rotatable bonds is 10. The van der Waals surface area contributed by atoms with Crippen molar-refractivity contribution < 1.29 is 5.11 Å². The normalized spacial score (nSPS) is 20.9. The Bertz CT molecular complexity index is 1150. The molecule has 1 atom stereocenters. The van der Waals surface area contributed by atoms with Gasteiger partial charge in [0.25, 0.3) is 0 Å². The van der Waals surface area contributed by atoms with Crippen LogP contribution in [-0.2, 0) is 0 Å². The van der Waals surface area contributed by atoms with Gasteiger partial charge in [-0.15, -0.1) is 0 Å². The van der Waals surface area contributed by atoms with Crippen LogP contribution < -0.4 is 0 Å². The second kappa shape index (κ2) is 16.5. The Kier molecular flexibility index (Phi) is 13.1. The van der Waals surface area contributed by atoms with Crippen LogP contribution in [0.15, 0.2) is 93.0 Å². The first-order valence-electron chi connectivity index (χ1n) is 15.6. The third-order valence-corrected chi connectivity index (χ3v) is 8.49. The lowest BCUT2D eigenvalue weighted by Crippen LogP contribution is -2.47. The molecule has 41 heavy (non-hydrogen) atoms. The molecule has 3 heterocycles. The fraction of sp³-hybridized carbons (Fsp3) is 0.543. The van der Waals surface area contributed by atoms with Gasteiger partial charge in [0.15, 0.2) is 0 Å². The maximum Gasteiger partial charge on any atom is 0.137 e. The summed E-state index contributed by atoms with van der Waals surface area (Å²) >= 11 is 0. The highest BCUT2D eigenvalue weighted by molar-refractivity contribution is 6.12. The maximum absolute atomic E-state index is 9.19. The average molecular weight is 560 g/mol. The van der Waals surface area contributed by atoms with Gasteiger partial charge >= 0.3 is 0 Å². The molecule has 1 N–H and O–H groups in total. The van der Waals surface area contributed by atoms with Crippen molar-refractivity contribution in [3.63, 3.8) is 0 Å². The fourth-order valence-corrected chi connectivity index (χ4v) is 5.11. The van der Waals surface area contributed by atoms with E-state index in [9.17, 15) is 5.11 Å². The Hall–Kier alpha value is -2.96. The molecule has 4 rings (SSSR count). The minimum absolute atomic E-state index is 0.229. The molecule has 3 aliphatic heterocycles. The molecule has 4 aliphatic rings. The van der Waals surface area contributed by atoms with Crippen LogP contribution in [0.2, 0.25) is 0 Å². The molecule has 1 unspecified atom stereocenters. The summed E-state index contributed by atoms with van der Waals surface area (Å²) in [4.78, 5) is 16.4. The zero-order valence-electron chi connectivity index (χ0n) is 26.5. The zero-order chi connectivity index (χ0) is 29.8. The van der Waals surface area contributed by atoms with Crippen LogP contribution in [0.25, 0.3) is 0 Å². The number of aliphatic imine (C=N–C) groups is 2. The molecule has 6 heteroatoms. The molecule has 0 aromatic heterocycles. The van der Waals surface area contributed by atoms with Gasteiger partial charge in [0.2, 0.25) is 0 Å². The number of amidine groups is 1. The summed E-state index contributed by atoms with van der Waals surface area (Å²) in [5, 5.41) is 9.19. The standard InChI is InChI=1S/C25H33N5O.C10H20/c1-4-19(2)16-22(26-3)23-17-24(20-6-5-7-20)30-18-21(8-9-25(30)27-23)29-12-10-28(11-13-29)14-15-31;1-5-7-8-10(4)9(3)6-2/h4,8-9,16-18,31H,1,5-7,10-15H2,2-3H3;8-9H,5-7H2,1-4H3/b19-16+,26-22?;10-8-. The highest BCUT2D eigenvalue weighted by Crippen LogP contribution is 2.35. The summed E-state index contributed by atoms with van der Waals surface area (Å²) in [6.07, 6.45) is 22.3. The molecule has 0 radical (unpaired) electrons. The molecule has 0 spiro atoms. The highest BCUT2D eigenvalue weighted by Gasteiger charge is 2.28. The Morgan fingerprint density at radius 1 is 1.15 bits per heavy atom. The van der Waals surface area contributed by atoms with Crippen molar-refractivity contribution in [2.75, 3.05) is 46.4 Å². The van der Waals surface area contributed by atoms with Crippen LogP contribution >= 0.6 is 0 Å². The van der Waals surface area contributed by atoms with Crippen molar-refractivity contribution in [1.82, 2.24) is 14.7 Å². The van der Waals surface area contributed by atoms with Crippen molar-refractivity contribution in [2.24, 2.45) is 15.9 Å². The molecular formula is C35H53N5O. The number of hydrogen-bond donors (Lipinski definition) is 1. The number of piperazine rings is 1. The Labute approximate surface area is 249 Å². The van der Waals surface area contributed by atoms with Gasteiger partial charge in [0, 0.05) is 51.7 Å². The van der Waals surface area contributed by atoms with Gasteiger partial charge in [0.1, 0.15) is 5.84 Å². The van der Waals surface area contributed by atoms with E-state index < -0.39 is 0 Å². The SMILES string of the molecule is C=C/C(C)=C/C(=NC)C1=CC(=C2CCC2)N2C=C(N3CCN(CCO)CC3)C=CC2=N1.CCC/C=C(/C)C(C)CC. The molecule has 0 bridgehead atoms. The van der Waals surface area contributed by atoms with Gasteiger partial charge in [-0.05, 0) is 87.3 Å². The Morgan fingerprint density at radius 2 is 1.88 bits per heavy atom. The van der Waals surface area contributed by atoms with Gasteiger partial charge < -0.3 is 10.0 Å². The smallest absolute Gasteiger partial charge is 0.137 e. The van der Waals surface area contributed by atoms with Gasteiger partial charge in [-0.3, -0.25) is 14.8 Å². The molecule has 1 saturated heterocycles. The van der Waals surface area contributed by atoms with Gasteiger partial charge in [-0.25, -0.2) is 4.99 Å². The van der Waals surface area contributed by atoms with Crippen LogP contribution in [0, 0.1) is 5.92 Å². The number of hydrogen-bond acceptors (Lipinski definition) is 6. The van der Waals surface area contributed by atoms with E-state index in [-0.39, 0.29) is 6.61 Å². The lowest BCUT2D eigenvalue weighted by molar-refractivity contribution is 0.133. The monoisotopic (exact) mass is 559 g/mol. The van der Waals surface area contributed by atoms with E-state index in [1.54, 1.807) is 5.57 Å². The minimum Gasteiger partial charge on any atom is -0.395 e. The topological polar surface area (TPSA) is 54.7 Å². The van der Waals surface area contributed by atoms with E-state index in [1.807, 2.05) is 26.1 Å². The first kappa shape index (κ1) is 32.6. The van der Waals surface area contributed by atoms with Gasteiger partial charge in [-0.1, -0.05) is 51.5 Å². The predicted octanol–water partition coefficient (Wildman–Crippen LogP) is 7.03. The third kappa shape index (κ3) is 9.01. The first-order chi connectivity index (χ1) is 19.8. The van der Waals surface area contributed by atoms with Crippen LogP contribution in [0.4, 0.5) is 0 Å². The molecule has 1 saturated carbocycles. The van der Waals surface area contributed by atoms with Crippen molar-refractivity contribution in [1.29, 1.82) is 0 Å². The van der Waals surface area contributed by atoms with Crippen LogP contribution in [0.3, 0.4) is 0 Å². The summed E-state index contributed by atoms with van der Waals surface area (Å²) in [7, 11) is 1.82. The molecule has 224 valence electrons. The molecule has 1 aliphatic carbocycles. The molecule has 6 nitrogen and oxygen atoms in total. The second-order valence-corrected chi connectivity index (χ2v) is 11.4. The Balaban J connectivity index is 0.000000397. The van der Waals surface area contributed by atoms with E-state index >= 15 is 0 Å². The number of unbranched alkanes of at least 4 members (excludes halogenated alkanes) is 1.